The molecule has 0 radical (unpaired) electrons. The number of benzene rings is 2. The third-order valence-electron chi connectivity index (χ3n) is 7.57. The van der Waals surface area contributed by atoms with Crippen LogP contribution < -0.4 is 0 Å². The monoisotopic (exact) mass is 397 g/mol. The molecule has 6 rings (SSSR count). The summed E-state index contributed by atoms with van der Waals surface area (Å²) in [5, 5.41) is 0. The van der Waals surface area contributed by atoms with Gasteiger partial charge in [0.2, 0.25) is 5.91 Å². The van der Waals surface area contributed by atoms with Gasteiger partial charge < -0.3 is 9.80 Å². The fourth-order valence-corrected chi connectivity index (χ4v) is 5.71. The second-order valence-corrected chi connectivity index (χ2v) is 9.17. The molecule has 2 aromatic rings. The number of carbonyl (C=O) groups excluding carboxylic acids is 1. The van der Waals surface area contributed by atoms with Gasteiger partial charge in [0.05, 0.1) is 11.1 Å². The summed E-state index contributed by atoms with van der Waals surface area (Å²) in [6.45, 7) is 3.55. The lowest BCUT2D eigenvalue weighted by molar-refractivity contribution is -0.137. The Morgan fingerprint density at radius 2 is 1.63 bits per heavy atom. The van der Waals surface area contributed by atoms with Crippen LogP contribution in [0.15, 0.2) is 59.6 Å². The minimum absolute atomic E-state index is 0.152. The number of carbonyl (C=O) groups is 1. The van der Waals surface area contributed by atoms with Gasteiger partial charge in [-0.15, -0.1) is 0 Å². The lowest BCUT2D eigenvalue weighted by Crippen LogP contribution is -2.46. The summed E-state index contributed by atoms with van der Waals surface area (Å²) < 4.78 is 0. The van der Waals surface area contributed by atoms with Gasteiger partial charge in [-0.1, -0.05) is 48.5 Å². The van der Waals surface area contributed by atoms with Crippen LogP contribution in [-0.4, -0.2) is 47.7 Å². The van der Waals surface area contributed by atoms with E-state index in [2.05, 4.69) is 64.4 Å². The predicted octanol–water partition coefficient (Wildman–Crippen LogP) is 4.23. The molecule has 0 unspecified atom stereocenters. The van der Waals surface area contributed by atoms with Crippen LogP contribution in [0.1, 0.15) is 36.0 Å². The average molecular weight is 398 g/mol. The van der Waals surface area contributed by atoms with Gasteiger partial charge in [-0.2, -0.15) is 0 Å². The molecule has 0 aromatic heterocycles. The topological polar surface area (TPSA) is 35.9 Å². The normalized spacial score (nSPS) is 21.7. The molecule has 0 atom stereocenters. The van der Waals surface area contributed by atoms with Gasteiger partial charge in [-0.05, 0) is 54.0 Å². The van der Waals surface area contributed by atoms with Crippen LogP contribution in [0.2, 0.25) is 0 Å². The van der Waals surface area contributed by atoms with Crippen molar-refractivity contribution in [2.24, 2.45) is 10.4 Å². The molecule has 4 nitrogen and oxygen atoms in total. The maximum Gasteiger partial charge on any atom is 0.229 e. The SMILES string of the molecule is O=C1N(CC2=CCc3ccccc32)CCC12CCN(C1=Nc3ccccc3C1)CC2. The Bertz CT molecular complexity index is 1080. The van der Waals surface area contributed by atoms with Gasteiger partial charge in [0.15, 0.2) is 0 Å². The standard InChI is InChI=1S/C26H27N3O/c30-25-26(13-16-29(25)18-21-10-9-19-5-1-3-7-22(19)21)11-14-28(15-12-26)24-17-20-6-2-4-8-23(20)27-24/h1-8,10H,9,11-18H2. The zero-order valence-electron chi connectivity index (χ0n) is 17.3. The minimum Gasteiger partial charge on any atom is -0.360 e. The third kappa shape index (κ3) is 2.81. The van der Waals surface area contributed by atoms with Crippen LogP contribution in [-0.2, 0) is 17.6 Å². The van der Waals surface area contributed by atoms with Crippen LogP contribution in [0.4, 0.5) is 5.69 Å². The highest BCUT2D eigenvalue weighted by Gasteiger charge is 2.48. The minimum atomic E-state index is -0.152. The maximum absolute atomic E-state index is 13.4. The van der Waals surface area contributed by atoms with E-state index in [4.69, 9.17) is 4.99 Å². The highest BCUT2D eigenvalue weighted by atomic mass is 16.2. The molecule has 1 spiro atoms. The zero-order valence-corrected chi connectivity index (χ0v) is 17.3. The molecule has 4 heteroatoms. The smallest absolute Gasteiger partial charge is 0.229 e. The first-order valence-corrected chi connectivity index (χ1v) is 11.2. The lowest BCUT2D eigenvalue weighted by Gasteiger charge is -2.39. The van der Waals surface area contributed by atoms with Gasteiger partial charge in [0.1, 0.15) is 5.84 Å². The Morgan fingerprint density at radius 3 is 2.47 bits per heavy atom. The number of nitrogens with zero attached hydrogens (tertiary/aromatic N) is 3. The third-order valence-corrected chi connectivity index (χ3v) is 7.57. The molecule has 152 valence electrons. The molecule has 3 aliphatic heterocycles. The van der Waals surface area contributed by atoms with Gasteiger partial charge in [0.25, 0.3) is 0 Å². The van der Waals surface area contributed by atoms with Crippen LogP contribution in [0.3, 0.4) is 0 Å². The van der Waals surface area contributed by atoms with E-state index >= 15 is 0 Å². The predicted molar refractivity (Wildman–Crippen MR) is 120 cm³/mol. The molecule has 1 amide bonds. The zero-order chi connectivity index (χ0) is 20.1. The van der Waals surface area contributed by atoms with Crippen molar-refractivity contribution in [3.63, 3.8) is 0 Å². The number of amidine groups is 1. The van der Waals surface area contributed by atoms with Crippen molar-refractivity contribution in [3.05, 3.63) is 71.3 Å². The first kappa shape index (κ1) is 17.9. The van der Waals surface area contributed by atoms with E-state index in [-0.39, 0.29) is 5.41 Å². The summed E-state index contributed by atoms with van der Waals surface area (Å²) in [4.78, 5) is 22.8. The molecule has 30 heavy (non-hydrogen) atoms. The first-order valence-electron chi connectivity index (χ1n) is 11.2. The number of hydrogen-bond donors (Lipinski definition) is 0. The van der Waals surface area contributed by atoms with Gasteiger partial charge in [0, 0.05) is 32.6 Å². The summed E-state index contributed by atoms with van der Waals surface area (Å²) in [5.41, 5.74) is 6.33. The Kier molecular flexibility index (Phi) is 4.08. The van der Waals surface area contributed by atoms with Gasteiger partial charge >= 0.3 is 0 Å². The van der Waals surface area contributed by atoms with Gasteiger partial charge in [-0.3, -0.25) is 4.79 Å². The molecule has 0 saturated carbocycles. The summed E-state index contributed by atoms with van der Waals surface area (Å²) in [7, 11) is 0. The van der Waals surface area contributed by atoms with Crippen LogP contribution in [0, 0.1) is 5.41 Å². The molecule has 1 aliphatic carbocycles. The Morgan fingerprint density at radius 1 is 0.900 bits per heavy atom. The molecule has 2 aromatic carbocycles. The molecule has 2 fully saturated rings. The summed E-state index contributed by atoms with van der Waals surface area (Å²) in [6.07, 6.45) is 7.14. The number of piperidine rings is 1. The van der Waals surface area contributed by atoms with E-state index in [0.29, 0.717) is 5.91 Å². The molecular formula is C26H27N3O. The van der Waals surface area contributed by atoms with Crippen molar-refractivity contribution in [1.82, 2.24) is 9.80 Å². The van der Waals surface area contributed by atoms with Crippen molar-refractivity contribution >= 4 is 23.0 Å². The molecule has 2 saturated heterocycles. The number of amides is 1. The second-order valence-electron chi connectivity index (χ2n) is 9.17. The Labute approximate surface area is 177 Å². The largest absolute Gasteiger partial charge is 0.360 e. The summed E-state index contributed by atoms with van der Waals surface area (Å²) >= 11 is 0. The van der Waals surface area contributed by atoms with Crippen LogP contribution >= 0.6 is 0 Å². The number of fused-ring (bicyclic) bond motifs is 2. The quantitative estimate of drug-likeness (QED) is 0.760. The van der Waals surface area contributed by atoms with E-state index in [1.54, 1.807) is 0 Å². The number of hydrogen-bond acceptors (Lipinski definition) is 3. The first-order chi connectivity index (χ1) is 14.7. The van der Waals surface area contributed by atoms with E-state index < -0.39 is 0 Å². The highest BCUT2D eigenvalue weighted by Crippen LogP contribution is 2.43. The molecule has 0 bridgehead atoms. The fourth-order valence-electron chi connectivity index (χ4n) is 5.71. The summed E-state index contributed by atoms with van der Waals surface area (Å²) in [5.74, 6) is 1.56. The average Bonchev–Trinajstić information content (AvgIpc) is 3.47. The van der Waals surface area contributed by atoms with Crippen LogP contribution in [0.5, 0.6) is 0 Å². The summed E-state index contributed by atoms with van der Waals surface area (Å²) in [6, 6.07) is 17.0. The van der Waals surface area contributed by atoms with E-state index in [0.717, 1.165) is 64.0 Å². The number of likely N-dealkylation sites (tertiary alicyclic amines) is 2. The molecule has 4 aliphatic rings. The van der Waals surface area contributed by atoms with E-state index in [9.17, 15) is 4.79 Å². The fraction of sp³-hybridized carbons (Fsp3) is 0.385. The van der Waals surface area contributed by atoms with Gasteiger partial charge in [-0.25, -0.2) is 4.99 Å². The second kappa shape index (κ2) is 6.83. The molecule has 3 heterocycles. The van der Waals surface area contributed by atoms with Crippen molar-refractivity contribution in [3.8, 4) is 0 Å². The lowest BCUT2D eigenvalue weighted by atomic mass is 9.77. The Balaban J connectivity index is 1.12. The van der Waals surface area contributed by atoms with Crippen molar-refractivity contribution < 1.29 is 4.79 Å². The Hall–Kier alpha value is -2.88. The maximum atomic E-state index is 13.4. The van der Waals surface area contributed by atoms with Crippen molar-refractivity contribution in [2.45, 2.75) is 32.1 Å². The number of rotatable bonds is 2. The number of aliphatic imine (C=N–C) groups is 1. The van der Waals surface area contributed by atoms with E-state index in [1.807, 2.05) is 0 Å². The molecule has 0 N–H and O–H groups in total. The van der Waals surface area contributed by atoms with Crippen molar-refractivity contribution in [2.75, 3.05) is 26.2 Å². The molecular weight excluding hydrogens is 370 g/mol. The highest BCUT2D eigenvalue weighted by molar-refractivity contribution is 5.93. The van der Waals surface area contributed by atoms with E-state index in [1.165, 1.54) is 28.1 Å². The number of allylic oxidation sites excluding steroid dienone is 1. The van der Waals surface area contributed by atoms with Crippen molar-refractivity contribution in [1.29, 1.82) is 0 Å². The van der Waals surface area contributed by atoms with Crippen LogP contribution in [0.25, 0.3) is 5.57 Å². The number of para-hydroxylation sites is 1.